The summed E-state index contributed by atoms with van der Waals surface area (Å²) in [6, 6.07) is 15.1. The maximum absolute atomic E-state index is 12.6. The van der Waals surface area contributed by atoms with Crippen molar-refractivity contribution in [1.29, 1.82) is 0 Å². The molecule has 1 unspecified atom stereocenters. The van der Waals surface area contributed by atoms with E-state index < -0.39 is 0 Å². The van der Waals surface area contributed by atoms with Crippen molar-refractivity contribution in [1.82, 2.24) is 0 Å². The van der Waals surface area contributed by atoms with Gasteiger partial charge in [-0.25, -0.2) is 0 Å². The normalized spacial score (nSPS) is 14.1. The molecule has 0 aliphatic heterocycles. The van der Waals surface area contributed by atoms with Crippen LogP contribution in [0.5, 0.6) is 11.5 Å². The van der Waals surface area contributed by atoms with Gasteiger partial charge >= 0.3 is 5.97 Å². The summed E-state index contributed by atoms with van der Waals surface area (Å²) in [5.74, 6) is 10.5. The first-order chi connectivity index (χ1) is 16.5. The van der Waals surface area contributed by atoms with Gasteiger partial charge in [-0.1, -0.05) is 47.6 Å². The van der Waals surface area contributed by atoms with Crippen LogP contribution in [-0.2, 0) is 4.79 Å². The number of allylic oxidation sites excluding steroid dienone is 4. The monoisotopic (exact) mass is 458 g/mol. The third-order valence-electron chi connectivity index (χ3n) is 5.53. The Hall–Kier alpha value is -4.13. The maximum Gasteiger partial charge on any atom is 0.314 e. The summed E-state index contributed by atoms with van der Waals surface area (Å²) in [5.41, 5.74) is 4.83. The Morgan fingerprint density at radius 1 is 1.03 bits per heavy atom. The third kappa shape index (κ3) is 7.78. The summed E-state index contributed by atoms with van der Waals surface area (Å²) in [4.78, 5) is 12.6. The van der Waals surface area contributed by atoms with Crippen molar-refractivity contribution in [2.24, 2.45) is 5.92 Å². The van der Waals surface area contributed by atoms with Gasteiger partial charge in [-0.05, 0) is 93.2 Å². The highest BCUT2D eigenvalue weighted by Gasteiger charge is 2.23. The zero-order valence-corrected chi connectivity index (χ0v) is 19.7. The number of ether oxygens (including phenoxy) is 2. The Bertz CT molecular complexity index is 1230. The Morgan fingerprint density at radius 3 is 2.29 bits per heavy atom. The molecule has 34 heavy (non-hydrogen) atoms. The van der Waals surface area contributed by atoms with Crippen molar-refractivity contribution < 1.29 is 21.4 Å². The van der Waals surface area contributed by atoms with Crippen molar-refractivity contribution >= 4 is 5.97 Å². The number of esters is 1. The molecular formula is C31H38O3. The number of carbonyl (C=O) groups is 1. The lowest BCUT2D eigenvalue weighted by Gasteiger charge is -2.20. The lowest BCUT2D eigenvalue weighted by Crippen LogP contribution is -2.22. The fourth-order valence-electron chi connectivity index (χ4n) is 3.68. The second kappa shape index (κ2) is 12.8. The third-order valence-corrected chi connectivity index (χ3v) is 5.53. The molecule has 0 spiro atoms. The van der Waals surface area contributed by atoms with E-state index in [0.29, 0.717) is 11.5 Å². The molecule has 0 heterocycles. The van der Waals surface area contributed by atoms with E-state index in [1.807, 2.05) is 48.5 Å². The topological polar surface area (TPSA) is 35.5 Å². The van der Waals surface area contributed by atoms with Gasteiger partial charge in [-0.15, -0.1) is 6.42 Å². The summed E-state index contributed by atoms with van der Waals surface area (Å²) in [7, 11) is 0. The SMILES string of the molecule is C#CC#CC#COc1ccc(-c2ccc(OC(=O)C3CC=C(CCC=C(C)C)CC3)cc2)cc1.[HH].[HH].[HH].[HH].[HH]. The highest BCUT2D eigenvalue weighted by atomic mass is 16.5. The van der Waals surface area contributed by atoms with Crippen LogP contribution in [0.15, 0.2) is 71.8 Å². The predicted octanol–water partition coefficient (Wildman–Crippen LogP) is 7.94. The molecule has 1 aliphatic rings. The van der Waals surface area contributed by atoms with Gasteiger partial charge in [0.1, 0.15) is 17.6 Å². The number of carbonyl (C=O) groups excluding carboxylic acids is 1. The van der Waals surface area contributed by atoms with Crippen molar-refractivity contribution in [2.75, 3.05) is 0 Å². The molecule has 0 radical (unpaired) electrons. The average molecular weight is 459 g/mol. The highest BCUT2D eigenvalue weighted by molar-refractivity contribution is 5.76. The van der Waals surface area contributed by atoms with Gasteiger partial charge in [0.2, 0.25) is 0 Å². The zero-order valence-electron chi connectivity index (χ0n) is 19.7. The molecule has 0 fully saturated rings. The smallest absolute Gasteiger partial charge is 0.314 e. The van der Waals surface area contributed by atoms with Gasteiger partial charge < -0.3 is 9.47 Å². The van der Waals surface area contributed by atoms with E-state index >= 15 is 0 Å². The number of rotatable bonds is 7. The molecule has 0 bridgehead atoms. The molecule has 3 nitrogen and oxygen atoms in total. The van der Waals surface area contributed by atoms with Gasteiger partial charge in [-0.3, -0.25) is 4.79 Å². The van der Waals surface area contributed by atoms with Crippen LogP contribution in [0.2, 0.25) is 0 Å². The number of benzene rings is 2. The lowest BCUT2D eigenvalue weighted by molar-refractivity contribution is -0.139. The predicted molar refractivity (Wildman–Crippen MR) is 147 cm³/mol. The van der Waals surface area contributed by atoms with Gasteiger partial charge in [0.15, 0.2) is 0 Å². The largest absolute Gasteiger partial charge is 0.426 e. The fourth-order valence-corrected chi connectivity index (χ4v) is 3.68. The molecule has 0 saturated heterocycles. The molecule has 3 rings (SSSR count). The zero-order chi connectivity index (χ0) is 24.2. The van der Waals surface area contributed by atoms with E-state index in [1.54, 1.807) is 0 Å². The Kier molecular flexibility index (Phi) is 9.22. The lowest BCUT2D eigenvalue weighted by atomic mass is 9.88. The van der Waals surface area contributed by atoms with E-state index in [9.17, 15) is 4.79 Å². The van der Waals surface area contributed by atoms with E-state index in [-0.39, 0.29) is 19.0 Å². The van der Waals surface area contributed by atoms with Crippen molar-refractivity contribution in [3.63, 3.8) is 0 Å². The Labute approximate surface area is 210 Å². The first-order valence-electron chi connectivity index (χ1n) is 11.4. The van der Waals surface area contributed by atoms with E-state index in [4.69, 9.17) is 15.9 Å². The number of hydrogen-bond acceptors (Lipinski definition) is 3. The second-order valence-corrected chi connectivity index (χ2v) is 8.35. The summed E-state index contributed by atoms with van der Waals surface area (Å²) in [6.07, 6.45) is 16.7. The molecule has 0 amide bonds. The first-order valence-corrected chi connectivity index (χ1v) is 11.4. The van der Waals surface area contributed by atoms with E-state index in [2.05, 4.69) is 55.8 Å². The Balaban J connectivity index is -0.00000259. The molecule has 1 atom stereocenters. The molecule has 0 N–H and O–H groups in total. The molecule has 2 aromatic rings. The minimum absolute atomic E-state index is 0. The standard InChI is InChI=1S/C31H28O3.5H2/c1-4-5-6-7-23-33-29-19-15-26(16-20-29)27-17-21-30(22-18-27)34-31(32)28-13-11-25(12-14-28)10-8-9-24(2)3;;;;;/h1,9,11,15-22,28H,8,10,12-14H2,2-3H3;5*1H. The second-order valence-electron chi connectivity index (χ2n) is 8.35. The molecule has 180 valence electrons. The maximum atomic E-state index is 12.6. The van der Waals surface area contributed by atoms with Crippen LogP contribution in [0.25, 0.3) is 11.1 Å². The fraction of sp³-hybridized carbons (Fsp3) is 0.258. The summed E-state index contributed by atoms with van der Waals surface area (Å²) in [5, 5.41) is 0. The number of hydrogen-bond donors (Lipinski definition) is 0. The van der Waals surface area contributed by atoms with Gasteiger partial charge in [-0.2, -0.15) is 0 Å². The minimum atomic E-state index is -0.151. The van der Waals surface area contributed by atoms with Crippen LogP contribution < -0.4 is 9.47 Å². The van der Waals surface area contributed by atoms with Crippen LogP contribution in [-0.4, -0.2) is 5.97 Å². The summed E-state index contributed by atoms with van der Waals surface area (Å²) >= 11 is 0. The van der Waals surface area contributed by atoms with E-state index in [1.165, 1.54) is 11.1 Å². The van der Waals surface area contributed by atoms with Crippen molar-refractivity contribution in [2.45, 2.75) is 46.0 Å². The molecular weight excluding hydrogens is 420 g/mol. The summed E-state index contributed by atoms with van der Waals surface area (Å²) < 4.78 is 11.0. The van der Waals surface area contributed by atoms with Gasteiger partial charge in [0.05, 0.1) is 5.92 Å². The van der Waals surface area contributed by atoms with Crippen molar-refractivity contribution in [3.05, 3.63) is 71.8 Å². The van der Waals surface area contributed by atoms with Gasteiger partial charge in [0, 0.05) is 19.0 Å². The average Bonchev–Trinajstić information content (AvgIpc) is 2.85. The summed E-state index contributed by atoms with van der Waals surface area (Å²) in [6.45, 7) is 4.24. The van der Waals surface area contributed by atoms with E-state index in [0.717, 1.165) is 43.2 Å². The van der Waals surface area contributed by atoms with Crippen LogP contribution in [0.3, 0.4) is 0 Å². The molecule has 1 aliphatic carbocycles. The van der Waals surface area contributed by atoms with Gasteiger partial charge in [0.25, 0.3) is 0 Å². The molecule has 3 heteroatoms. The minimum Gasteiger partial charge on any atom is -0.426 e. The van der Waals surface area contributed by atoms with Crippen LogP contribution in [0.1, 0.15) is 53.1 Å². The molecule has 0 saturated carbocycles. The Morgan fingerprint density at radius 2 is 1.71 bits per heavy atom. The highest BCUT2D eigenvalue weighted by Crippen LogP contribution is 2.29. The quantitative estimate of drug-likeness (QED) is 0.183. The van der Waals surface area contributed by atoms with Crippen LogP contribution in [0, 0.1) is 42.1 Å². The van der Waals surface area contributed by atoms with Crippen molar-refractivity contribution in [3.8, 4) is 58.8 Å². The van der Waals surface area contributed by atoms with Crippen LogP contribution >= 0.6 is 0 Å². The first kappa shape index (κ1) is 24.5. The number of terminal acetylenes is 1. The molecule has 0 aromatic heterocycles. The van der Waals surface area contributed by atoms with Crippen LogP contribution in [0.4, 0.5) is 0 Å². The molecule has 2 aromatic carbocycles.